The van der Waals surface area contributed by atoms with Gasteiger partial charge in [0.1, 0.15) is 0 Å². The summed E-state index contributed by atoms with van der Waals surface area (Å²) in [6.07, 6.45) is 2.43. The highest BCUT2D eigenvalue weighted by Gasteiger charge is 2.30. The molecule has 0 aromatic heterocycles. The summed E-state index contributed by atoms with van der Waals surface area (Å²) in [5.41, 5.74) is 13.4. The Kier molecular flexibility index (Phi) is 2.18. The molecule has 0 bridgehead atoms. The van der Waals surface area contributed by atoms with Gasteiger partial charge in [-0.2, -0.15) is 0 Å². The molecule has 2 rings (SSSR count). The van der Waals surface area contributed by atoms with E-state index < -0.39 is 0 Å². The van der Waals surface area contributed by atoms with E-state index in [0.717, 1.165) is 16.3 Å². The van der Waals surface area contributed by atoms with Gasteiger partial charge in [0.25, 0.3) is 0 Å². The van der Waals surface area contributed by atoms with Crippen LogP contribution >= 0.6 is 11.6 Å². The van der Waals surface area contributed by atoms with Gasteiger partial charge in [-0.15, -0.1) is 0 Å². The molecule has 70 valence electrons. The SMILES string of the molecule is Nc1ccc(Cl)c(C(N)C2CC2)c1. The van der Waals surface area contributed by atoms with E-state index in [-0.39, 0.29) is 6.04 Å². The lowest BCUT2D eigenvalue weighted by molar-refractivity contribution is 0.634. The minimum atomic E-state index is 0.0657. The average Bonchev–Trinajstić information content (AvgIpc) is 2.91. The van der Waals surface area contributed by atoms with E-state index in [1.807, 2.05) is 12.1 Å². The van der Waals surface area contributed by atoms with E-state index >= 15 is 0 Å². The van der Waals surface area contributed by atoms with Crippen LogP contribution < -0.4 is 11.5 Å². The van der Waals surface area contributed by atoms with E-state index in [1.54, 1.807) is 6.07 Å². The molecule has 3 heteroatoms. The smallest absolute Gasteiger partial charge is 0.0455 e. The van der Waals surface area contributed by atoms with Gasteiger partial charge in [-0.1, -0.05) is 11.6 Å². The van der Waals surface area contributed by atoms with Crippen molar-refractivity contribution >= 4 is 17.3 Å². The van der Waals surface area contributed by atoms with Crippen molar-refractivity contribution in [2.45, 2.75) is 18.9 Å². The molecule has 0 aliphatic heterocycles. The van der Waals surface area contributed by atoms with Crippen molar-refractivity contribution in [1.82, 2.24) is 0 Å². The molecule has 0 radical (unpaired) electrons. The summed E-state index contributed by atoms with van der Waals surface area (Å²) < 4.78 is 0. The molecule has 1 fully saturated rings. The summed E-state index contributed by atoms with van der Waals surface area (Å²) >= 11 is 6.03. The van der Waals surface area contributed by atoms with Crippen molar-refractivity contribution in [2.24, 2.45) is 11.7 Å². The molecule has 0 heterocycles. The third-order valence-electron chi connectivity index (χ3n) is 2.51. The minimum absolute atomic E-state index is 0.0657. The second-order valence-electron chi connectivity index (χ2n) is 3.64. The van der Waals surface area contributed by atoms with Crippen molar-refractivity contribution < 1.29 is 0 Å². The van der Waals surface area contributed by atoms with Crippen LogP contribution in [0.25, 0.3) is 0 Å². The molecule has 1 atom stereocenters. The number of hydrogen-bond acceptors (Lipinski definition) is 2. The topological polar surface area (TPSA) is 52.0 Å². The number of benzene rings is 1. The van der Waals surface area contributed by atoms with Gasteiger partial charge in [0, 0.05) is 16.8 Å². The van der Waals surface area contributed by atoms with Crippen LogP contribution in [-0.2, 0) is 0 Å². The largest absolute Gasteiger partial charge is 0.399 e. The molecule has 1 unspecified atom stereocenters. The number of rotatable bonds is 2. The first-order valence-electron chi connectivity index (χ1n) is 4.49. The zero-order valence-corrected chi connectivity index (χ0v) is 8.09. The van der Waals surface area contributed by atoms with Crippen LogP contribution in [0, 0.1) is 5.92 Å². The van der Waals surface area contributed by atoms with Gasteiger partial charge in [0.2, 0.25) is 0 Å². The summed E-state index contributed by atoms with van der Waals surface area (Å²) in [6.45, 7) is 0. The second-order valence-corrected chi connectivity index (χ2v) is 4.05. The first-order valence-corrected chi connectivity index (χ1v) is 4.87. The summed E-state index contributed by atoms with van der Waals surface area (Å²) in [5, 5.41) is 0.730. The molecule has 1 aliphatic rings. The van der Waals surface area contributed by atoms with E-state index in [4.69, 9.17) is 23.1 Å². The molecule has 0 saturated heterocycles. The van der Waals surface area contributed by atoms with Crippen LogP contribution in [0.4, 0.5) is 5.69 Å². The third-order valence-corrected chi connectivity index (χ3v) is 2.85. The number of hydrogen-bond donors (Lipinski definition) is 2. The second kappa shape index (κ2) is 3.20. The Morgan fingerprint density at radius 3 is 2.69 bits per heavy atom. The van der Waals surface area contributed by atoms with Gasteiger partial charge < -0.3 is 11.5 Å². The maximum absolute atomic E-state index is 6.03. The van der Waals surface area contributed by atoms with Crippen LogP contribution in [0.15, 0.2) is 18.2 Å². The standard InChI is InChI=1S/C10H13ClN2/c11-9-4-3-7(12)5-8(9)10(13)6-1-2-6/h3-6,10H,1-2,12-13H2. The molecule has 0 amide bonds. The van der Waals surface area contributed by atoms with Crippen LogP contribution in [-0.4, -0.2) is 0 Å². The van der Waals surface area contributed by atoms with Crippen molar-refractivity contribution in [3.05, 3.63) is 28.8 Å². The fraction of sp³-hybridized carbons (Fsp3) is 0.400. The van der Waals surface area contributed by atoms with Crippen molar-refractivity contribution in [1.29, 1.82) is 0 Å². The summed E-state index contributed by atoms with van der Waals surface area (Å²) in [6, 6.07) is 5.56. The Bertz CT molecular complexity index is 321. The quantitative estimate of drug-likeness (QED) is 0.714. The first-order chi connectivity index (χ1) is 6.18. The monoisotopic (exact) mass is 196 g/mol. The van der Waals surface area contributed by atoms with Crippen molar-refractivity contribution in [2.75, 3.05) is 5.73 Å². The number of anilines is 1. The highest BCUT2D eigenvalue weighted by Crippen LogP contribution is 2.41. The number of nitrogens with two attached hydrogens (primary N) is 2. The minimum Gasteiger partial charge on any atom is -0.399 e. The van der Waals surface area contributed by atoms with Crippen LogP contribution in [0.1, 0.15) is 24.4 Å². The molecule has 1 aromatic carbocycles. The summed E-state index contributed by atoms with van der Waals surface area (Å²) in [4.78, 5) is 0. The lowest BCUT2D eigenvalue weighted by Crippen LogP contribution is -2.13. The summed E-state index contributed by atoms with van der Waals surface area (Å²) in [5.74, 6) is 0.610. The highest BCUT2D eigenvalue weighted by molar-refractivity contribution is 6.31. The van der Waals surface area contributed by atoms with Gasteiger partial charge in [0.05, 0.1) is 0 Å². The van der Waals surface area contributed by atoms with E-state index in [9.17, 15) is 0 Å². The molecule has 4 N–H and O–H groups in total. The number of halogens is 1. The highest BCUT2D eigenvalue weighted by atomic mass is 35.5. The fourth-order valence-corrected chi connectivity index (χ4v) is 1.77. The molecule has 1 aromatic rings. The molecule has 2 nitrogen and oxygen atoms in total. The lowest BCUT2D eigenvalue weighted by Gasteiger charge is -2.12. The Labute approximate surface area is 82.9 Å². The van der Waals surface area contributed by atoms with Gasteiger partial charge in [-0.3, -0.25) is 0 Å². The zero-order chi connectivity index (χ0) is 9.42. The van der Waals surface area contributed by atoms with Crippen LogP contribution in [0.2, 0.25) is 5.02 Å². The zero-order valence-electron chi connectivity index (χ0n) is 7.33. The molecule has 1 saturated carbocycles. The molecule has 1 aliphatic carbocycles. The van der Waals surface area contributed by atoms with Gasteiger partial charge >= 0.3 is 0 Å². The fourth-order valence-electron chi connectivity index (χ4n) is 1.53. The average molecular weight is 197 g/mol. The molecule has 13 heavy (non-hydrogen) atoms. The first kappa shape index (κ1) is 8.85. The number of nitrogen functional groups attached to an aromatic ring is 1. The maximum Gasteiger partial charge on any atom is 0.0455 e. The third kappa shape index (κ3) is 1.79. The van der Waals surface area contributed by atoms with Gasteiger partial charge in [-0.25, -0.2) is 0 Å². The molecular formula is C10H13ClN2. The Balaban J connectivity index is 2.31. The predicted octanol–water partition coefficient (Wildman–Crippen LogP) is 2.33. The molecule has 0 spiro atoms. The van der Waals surface area contributed by atoms with E-state index in [2.05, 4.69) is 0 Å². The lowest BCUT2D eigenvalue weighted by atomic mass is 10.0. The van der Waals surface area contributed by atoms with Crippen molar-refractivity contribution in [3.63, 3.8) is 0 Å². The Hall–Kier alpha value is -0.730. The van der Waals surface area contributed by atoms with Crippen LogP contribution in [0.5, 0.6) is 0 Å². The van der Waals surface area contributed by atoms with Gasteiger partial charge in [0.15, 0.2) is 0 Å². The van der Waals surface area contributed by atoms with Crippen molar-refractivity contribution in [3.8, 4) is 0 Å². The van der Waals surface area contributed by atoms with Gasteiger partial charge in [-0.05, 0) is 42.5 Å². The van der Waals surface area contributed by atoms with E-state index in [1.165, 1.54) is 12.8 Å². The summed E-state index contributed by atoms with van der Waals surface area (Å²) in [7, 11) is 0. The maximum atomic E-state index is 6.03. The van der Waals surface area contributed by atoms with E-state index in [0.29, 0.717) is 5.92 Å². The Morgan fingerprint density at radius 2 is 2.08 bits per heavy atom. The van der Waals surface area contributed by atoms with Crippen LogP contribution in [0.3, 0.4) is 0 Å². The predicted molar refractivity (Wildman–Crippen MR) is 55.5 cm³/mol. The molecular weight excluding hydrogens is 184 g/mol. The normalized spacial score (nSPS) is 18.6. The Morgan fingerprint density at radius 1 is 1.38 bits per heavy atom.